The van der Waals surface area contributed by atoms with Crippen LogP contribution in [0.15, 0.2) is 30.5 Å². The van der Waals surface area contributed by atoms with E-state index < -0.39 is 6.10 Å². The molecular weight excluding hydrogens is 306 g/mol. The maximum atomic E-state index is 12.1. The van der Waals surface area contributed by atoms with E-state index in [-0.39, 0.29) is 11.7 Å². The van der Waals surface area contributed by atoms with E-state index >= 15 is 0 Å². The van der Waals surface area contributed by atoms with Crippen molar-refractivity contribution < 1.29 is 9.53 Å². The summed E-state index contributed by atoms with van der Waals surface area (Å²) < 4.78 is 6.96. The van der Waals surface area contributed by atoms with Gasteiger partial charge < -0.3 is 15.8 Å². The molecule has 1 atom stereocenters. The Bertz CT molecular complexity index is 743. The SMILES string of the molecule is CC(C)COC(C)C(=O)Nc1ccc(-n2ncc(C#N)c2N)cc1. The first kappa shape index (κ1) is 17.5. The quantitative estimate of drug-likeness (QED) is 0.847. The number of aromatic nitrogens is 2. The van der Waals surface area contributed by atoms with E-state index in [2.05, 4.69) is 10.4 Å². The van der Waals surface area contributed by atoms with Gasteiger partial charge in [0.2, 0.25) is 0 Å². The lowest BCUT2D eigenvalue weighted by atomic mass is 10.2. The minimum atomic E-state index is -0.521. The summed E-state index contributed by atoms with van der Waals surface area (Å²) in [6.45, 7) is 6.32. The Hall–Kier alpha value is -2.85. The Morgan fingerprint density at radius 2 is 2.04 bits per heavy atom. The van der Waals surface area contributed by atoms with Gasteiger partial charge in [0.15, 0.2) is 0 Å². The molecule has 24 heavy (non-hydrogen) atoms. The number of rotatable bonds is 6. The molecule has 0 aliphatic rings. The molecule has 1 heterocycles. The van der Waals surface area contributed by atoms with Crippen molar-refractivity contribution >= 4 is 17.4 Å². The molecule has 0 radical (unpaired) electrons. The van der Waals surface area contributed by atoms with Gasteiger partial charge >= 0.3 is 0 Å². The summed E-state index contributed by atoms with van der Waals surface area (Å²) >= 11 is 0. The average molecular weight is 327 g/mol. The molecule has 1 amide bonds. The maximum Gasteiger partial charge on any atom is 0.253 e. The van der Waals surface area contributed by atoms with Gasteiger partial charge in [-0.25, -0.2) is 4.68 Å². The van der Waals surface area contributed by atoms with Gasteiger partial charge in [0.05, 0.1) is 11.9 Å². The number of nitriles is 1. The third-order valence-corrected chi connectivity index (χ3v) is 3.36. The molecule has 2 aromatic rings. The lowest BCUT2D eigenvalue weighted by Crippen LogP contribution is -2.28. The summed E-state index contributed by atoms with van der Waals surface area (Å²) in [7, 11) is 0. The molecule has 7 heteroatoms. The van der Waals surface area contributed by atoms with Gasteiger partial charge in [-0.05, 0) is 37.1 Å². The monoisotopic (exact) mass is 327 g/mol. The molecule has 0 spiro atoms. The number of anilines is 2. The highest BCUT2D eigenvalue weighted by atomic mass is 16.5. The number of ether oxygens (including phenoxy) is 1. The zero-order valence-electron chi connectivity index (χ0n) is 14.0. The molecule has 126 valence electrons. The number of carbonyl (C=O) groups is 1. The van der Waals surface area contributed by atoms with E-state index in [9.17, 15) is 4.79 Å². The van der Waals surface area contributed by atoms with Gasteiger partial charge in [-0.1, -0.05) is 13.8 Å². The lowest BCUT2D eigenvalue weighted by Gasteiger charge is -2.15. The average Bonchev–Trinajstić information content (AvgIpc) is 2.94. The summed E-state index contributed by atoms with van der Waals surface area (Å²) in [5, 5.41) is 15.8. The van der Waals surface area contributed by atoms with Gasteiger partial charge in [0.25, 0.3) is 5.91 Å². The van der Waals surface area contributed by atoms with Crippen LogP contribution in [0.1, 0.15) is 26.3 Å². The van der Waals surface area contributed by atoms with Crippen molar-refractivity contribution in [1.29, 1.82) is 5.26 Å². The molecule has 0 aliphatic heterocycles. The van der Waals surface area contributed by atoms with Gasteiger partial charge in [-0.2, -0.15) is 10.4 Å². The van der Waals surface area contributed by atoms with Crippen LogP contribution >= 0.6 is 0 Å². The molecule has 1 unspecified atom stereocenters. The predicted octanol–water partition coefficient (Wildman–Crippen LogP) is 2.33. The van der Waals surface area contributed by atoms with Crippen LogP contribution in [-0.4, -0.2) is 28.4 Å². The Kier molecular flexibility index (Phi) is 5.55. The highest BCUT2D eigenvalue weighted by molar-refractivity contribution is 5.93. The van der Waals surface area contributed by atoms with E-state index in [1.54, 1.807) is 31.2 Å². The number of nitrogens with one attached hydrogen (secondary N) is 1. The second kappa shape index (κ2) is 7.62. The number of hydrogen-bond donors (Lipinski definition) is 2. The van der Waals surface area contributed by atoms with Gasteiger partial charge in [-0.15, -0.1) is 0 Å². The van der Waals surface area contributed by atoms with E-state index in [0.717, 1.165) is 0 Å². The summed E-state index contributed by atoms with van der Waals surface area (Å²) in [6.07, 6.45) is 0.894. The van der Waals surface area contributed by atoms with Crippen molar-refractivity contribution in [3.8, 4) is 11.8 Å². The van der Waals surface area contributed by atoms with Crippen LogP contribution in [0, 0.1) is 17.2 Å². The Balaban J connectivity index is 2.03. The standard InChI is InChI=1S/C17H21N5O2/c1-11(2)10-24-12(3)17(23)21-14-4-6-15(7-5-14)22-16(19)13(8-18)9-20-22/h4-7,9,11-12H,10,19H2,1-3H3,(H,21,23). The minimum Gasteiger partial charge on any atom is -0.382 e. The molecule has 0 fully saturated rings. The second-order valence-corrected chi connectivity index (χ2v) is 5.87. The molecule has 0 saturated carbocycles. The van der Waals surface area contributed by atoms with Crippen molar-refractivity contribution in [2.24, 2.45) is 5.92 Å². The molecule has 0 bridgehead atoms. The van der Waals surface area contributed by atoms with Crippen molar-refractivity contribution in [2.45, 2.75) is 26.9 Å². The van der Waals surface area contributed by atoms with Gasteiger partial charge in [0.1, 0.15) is 23.6 Å². The normalized spacial score (nSPS) is 12.0. The first-order valence-electron chi connectivity index (χ1n) is 7.69. The summed E-state index contributed by atoms with van der Waals surface area (Å²) in [5.74, 6) is 0.455. The number of carbonyl (C=O) groups excluding carboxylic acids is 1. The van der Waals surface area contributed by atoms with Crippen molar-refractivity contribution in [3.63, 3.8) is 0 Å². The Morgan fingerprint density at radius 3 is 2.58 bits per heavy atom. The largest absolute Gasteiger partial charge is 0.382 e. The maximum absolute atomic E-state index is 12.1. The Morgan fingerprint density at radius 1 is 1.38 bits per heavy atom. The molecule has 0 saturated heterocycles. The van der Waals surface area contributed by atoms with E-state index in [0.29, 0.717) is 29.5 Å². The third-order valence-electron chi connectivity index (χ3n) is 3.36. The van der Waals surface area contributed by atoms with Crippen molar-refractivity contribution in [2.75, 3.05) is 17.7 Å². The highest BCUT2D eigenvalue weighted by Crippen LogP contribution is 2.18. The molecule has 1 aromatic carbocycles. The van der Waals surface area contributed by atoms with E-state index in [4.69, 9.17) is 15.7 Å². The lowest BCUT2D eigenvalue weighted by molar-refractivity contribution is -0.126. The van der Waals surface area contributed by atoms with Crippen molar-refractivity contribution in [3.05, 3.63) is 36.0 Å². The molecule has 3 N–H and O–H groups in total. The predicted molar refractivity (Wildman–Crippen MR) is 91.6 cm³/mol. The molecular formula is C17H21N5O2. The van der Waals surface area contributed by atoms with E-state index in [1.807, 2.05) is 19.9 Å². The number of amides is 1. The number of hydrogen-bond acceptors (Lipinski definition) is 5. The van der Waals surface area contributed by atoms with Crippen LogP contribution in [0.3, 0.4) is 0 Å². The molecule has 7 nitrogen and oxygen atoms in total. The van der Waals surface area contributed by atoms with Gasteiger partial charge in [-0.3, -0.25) is 4.79 Å². The van der Waals surface area contributed by atoms with Gasteiger partial charge in [0, 0.05) is 12.3 Å². The first-order chi connectivity index (χ1) is 11.4. The summed E-state index contributed by atoms with van der Waals surface area (Å²) in [4.78, 5) is 12.1. The fourth-order valence-corrected chi connectivity index (χ4v) is 1.99. The Labute approximate surface area is 141 Å². The third kappa shape index (κ3) is 4.12. The fraction of sp³-hybridized carbons (Fsp3) is 0.353. The number of nitrogens with zero attached hydrogens (tertiary/aromatic N) is 3. The van der Waals surface area contributed by atoms with Crippen LogP contribution in [-0.2, 0) is 9.53 Å². The number of benzene rings is 1. The van der Waals surface area contributed by atoms with Crippen LogP contribution in [0.2, 0.25) is 0 Å². The van der Waals surface area contributed by atoms with Crippen LogP contribution in [0.4, 0.5) is 11.5 Å². The fourth-order valence-electron chi connectivity index (χ4n) is 1.99. The topological polar surface area (TPSA) is 106 Å². The minimum absolute atomic E-state index is 0.200. The molecule has 1 aromatic heterocycles. The van der Waals surface area contributed by atoms with Crippen LogP contribution < -0.4 is 11.1 Å². The van der Waals surface area contributed by atoms with Crippen molar-refractivity contribution in [1.82, 2.24) is 9.78 Å². The summed E-state index contributed by atoms with van der Waals surface area (Å²) in [5.41, 5.74) is 7.53. The first-order valence-corrected chi connectivity index (χ1v) is 7.69. The molecule has 0 aliphatic carbocycles. The van der Waals surface area contributed by atoms with E-state index in [1.165, 1.54) is 10.9 Å². The smallest absolute Gasteiger partial charge is 0.253 e. The van der Waals surface area contributed by atoms with Crippen LogP contribution in [0.25, 0.3) is 5.69 Å². The number of nitrogens with two attached hydrogens (primary N) is 1. The summed E-state index contributed by atoms with van der Waals surface area (Å²) in [6, 6.07) is 8.99. The zero-order chi connectivity index (χ0) is 17.7. The molecule has 2 rings (SSSR count). The number of nitrogen functional groups attached to an aromatic ring is 1. The second-order valence-electron chi connectivity index (χ2n) is 5.87. The van der Waals surface area contributed by atoms with Crippen LogP contribution in [0.5, 0.6) is 0 Å². The zero-order valence-corrected chi connectivity index (χ0v) is 14.0. The highest BCUT2D eigenvalue weighted by Gasteiger charge is 2.14.